The molecule has 76 valence electrons. The zero-order chi connectivity index (χ0) is 9.36. The fourth-order valence-corrected chi connectivity index (χ4v) is 1.34. The molecule has 1 unspecified atom stereocenters. The van der Waals surface area contributed by atoms with Gasteiger partial charge in [-0.2, -0.15) is 0 Å². The van der Waals surface area contributed by atoms with Crippen molar-refractivity contribution in [1.29, 1.82) is 0 Å². The van der Waals surface area contributed by atoms with Gasteiger partial charge in [-0.25, -0.2) is 0 Å². The Bertz CT molecular complexity index is 133. The van der Waals surface area contributed by atoms with E-state index in [1.165, 1.54) is 6.42 Å². The predicted octanol–water partition coefficient (Wildman–Crippen LogP) is 0.958. The average molecular weight is 185 g/mol. The highest BCUT2D eigenvalue weighted by Gasteiger charge is 2.14. The molecule has 0 aliphatic carbocycles. The highest BCUT2D eigenvalue weighted by molar-refractivity contribution is 4.69. The van der Waals surface area contributed by atoms with Gasteiger partial charge in [0.15, 0.2) is 0 Å². The summed E-state index contributed by atoms with van der Waals surface area (Å²) in [4.78, 5) is 0. The minimum absolute atomic E-state index is 0.347. The second-order valence-corrected chi connectivity index (χ2v) is 3.20. The van der Waals surface area contributed by atoms with Gasteiger partial charge in [-0.1, -0.05) is 6.08 Å². The normalized spacial score (nSPS) is 22.0. The molecule has 3 nitrogen and oxygen atoms in total. The molecule has 0 radical (unpaired) electrons. The molecule has 1 aliphatic heterocycles. The first-order chi connectivity index (χ1) is 6.43. The third-order valence-electron chi connectivity index (χ3n) is 2.04. The second-order valence-electron chi connectivity index (χ2n) is 3.20. The maximum Gasteiger partial charge on any atom is 0.0809 e. The van der Waals surface area contributed by atoms with Crippen LogP contribution in [0.5, 0.6) is 0 Å². The molecule has 1 atom stereocenters. The first-order valence-corrected chi connectivity index (χ1v) is 4.94. The van der Waals surface area contributed by atoms with Gasteiger partial charge in [-0.15, -0.1) is 6.58 Å². The lowest BCUT2D eigenvalue weighted by Crippen LogP contribution is -2.22. The third-order valence-corrected chi connectivity index (χ3v) is 2.04. The van der Waals surface area contributed by atoms with E-state index in [-0.39, 0.29) is 0 Å². The van der Waals surface area contributed by atoms with E-state index in [1.54, 1.807) is 0 Å². The average Bonchev–Trinajstić information content (AvgIpc) is 2.63. The Hall–Kier alpha value is -0.380. The van der Waals surface area contributed by atoms with Gasteiger partial charge >= 0.3 is 0 Å². The van der Waals surface area contributed by atoms with Gasteiger partial charge in [0.1, 0.15) is 0 Å². The van der Waals surface area contributed by atoms with E-state index in [2.05, 4.69) is 11.9 Å². The maximum absolute atomic E-state index is 5.44. The van der Waals surface area contributed by atoms with Crippen LogP contribution in [0.15, 0.2) is 12.7 Å². The minimum Gasteiger partial charge on any atom is -0.377 e. The van der Waals surface area contributed by atoms with Gasteiger partial charge in [-0.3, -0.25) is 0 Å². The van der Waals surface area contributed by atoms with Crippen molar-refractivity contribution in [3.05, 3.63) is 12.7 Å². The summed E-state index contributed by atoms with van der Waals surface area (Å²) in [6.07, 6.45) is 4.53. The van der Waals surface area contributed by atoms with Gasteiger partial charge in [0.2, 0.25) is 0 Å². The Labute approximate surface area is 80.1 Å². The van der Waals surface area contributed by atoms with E-state index in [9.17, 15) is 0 Å². The van der Waals surface area contributed by atoms with Gasteiger partial charge in [0.05, 0.1) is 19.3 Å². The van der Waals surface area contributed by atoms with Crippen molar-refractivity contribution < 1.29 is 9.47 Å². The van der Waals surface area contributed by atoms with Crippen LogP contribution in [-0.4, -0.2) is 39.0 Å². The lowest BCUT2D eigenvalue weighted by atomic mass is 10.2. The summed E-state index contributed by atoms with van der Waals surface area (Å²) in [5, 5.41) is 3.18. The quantitative estimate of drug-likeness (QED) is 0.473. The first kappa shape index (κ1) is 10.7. The van der Waals surface area contributed by atoms with Crippen molar-refractivity contribution in [2.75, 3.05) is 32.9 Å². The largest absolute Gasteiger partial charge is 0.377 e. The van der Waals surface area contributed by atoms with Crippen molar-refractivity contribution in [1.82, 2.24) is 5.32 Å². The van der Waals surface area contributed by atoms with Crippen molar-refractivity contribution >= 4 is 0 Å². The second kappa shape index (κ2) is 7.06. The van der Waals surface area contributed by atoms with Gasteiger partial charge in [0, 0.05) is 19.7 Å². The summed E-state index contributed by atoms with van der Waals surface area (Å²) in [5.41, 5.74) is 0. The van der Waals surface area contributed by atoms with Crippen molar-refractivity contribution in [2.24, 2.45) is 0 Å². The Morgan fingerprint density at radius 3 is 3.23 bits per heavy atom. The Kier molecular flexibility index (Phi) is 5.81. The lowest BCUT2D eigenvalue weighted by Gasteiger charge is -2.09. The van der Waals surface area contributed by atoms with Gasteiger partial charge < -0.3 is 14.8 Å². The molecule has 1 rings (SSSR count). The molecule has 0 saturated carbocycles. The summed E-state index contributed by atoms with van der Waals surface area (Å²) in [5.74, 6) is 0. The monoisotopic (exact) mass is 185 g/mol. The fraction of sp³-hybridized carbons (Fsp3) is 0.800. The van der Waals surface area contributed by atoms with Crippen molar-refractivity contribution in [2.45, 2.75) is 18.9 Å². The van der Waals surface area contributed by atoms with E-state index in [0.29, 0.717) is 6.10 Å². The number of nitrogens with one attached hydrogen (secondary N) is 1. The summed E-state index contributed by atoms with van der Waals surface area (Å²) >= 11 is 0. The smallest absolute Gasteiger partial charge is 0.0809 e. The third kappa shape index (κ3) is 5.03. The Morgan fingerprint density at radius 1 is 1.62 bits per heavy atom. The molecule has 1 fully saturated rings. The summed E-state index contributed by atoms with van der Waals surface area (Å²) < 4.78 is 10.9. The summed E-state index contributed by atoms with van der Waals surface area (Å²) in [6, 6.07) is 0. The lowest BCUT2D eigenvalue weighted by molar-refractivity contribution is 0.0185. The van der Waals surface area contributed by atoms with Crippen LogP contribution >= 0.6 is 0 Å². The standard InChI is InChI=1S/C10H19NO2/c1-2-5-11-6-8-12-9-10-4-3-7-13-10/h2,10-11H,1,3-9H2. The molecule has 1 saturated heterocycles. The van der Waals surface area contributed by atoms with Crippen LogP contribution in [0.25, 0.3) is 0 Å². The summed E-state index contributed by atoms with van der Waals surface area (Å²) in [6.45, 7) is 7.77. The van der Waals surface area contributed by atoms with Gasteiger partial charge in [-0.05, 0) is 12.8 Å². The number of hydrogen-bond donors (Lipinski definition) is 1. The van der Waals surface area contributed by atoms with Crippen LogP contribution in [0.1, 0.15) is 12.8 Å². The van der Waals surface area contributed by atoms with Crippen LogP contribution in [0.3, 0.4) is 0 Å². The Morgan fingerprint density at radius 2 is 2.54 bits per heavy atom. The van der Waals surface area contributed by atoms with E-state index in [0.717, 1.165) is 39.3 Å². The molecular formula is C10H19NO2. The van der Waals surface area contributed by atoms with E-state index in [1.807, 2.05) is 6.08 Å². The predicted molar refractivity (Wildman–Crippen MR) is 52.9 cm³/mol. The topological polar surface area (TPSA) is 30.5 Å². The number of hydrogen-bond acceptors (Lipinski definition) is 3. The zero-order valence-corrected chi connectivity index (χ0v) is 8.13. The van der Waals surface area contributed by atoms with Crippen molar-refractivity contribution in [3.8, 4) is 0 Å². The summed E-state index contributed by atoms with van der Waals surface area (Å²) in [7, 11) is 0. The van der Waals surface area contributed by atoms with Crippen LogP contribution in [0.4, 0.5) is 0 Å². The minimum atomic E-state index is 0.347. The molecule has 1 heterocycles. The molecule has 13 heavy (non-hydrogen) atoms. The fourth-order valence-electron chi connectivity index (χ4n) is 1.34. The van der Waals surface area contributed by atoms with Gasteiger partial charge in [0.25, 0.3) is 0 Å². The van der Waals surface area contributed by atoms with E-state index in [4.69, 9.17) is 9.47 Å². The molecule has 0 aromatic rings. The molecule has 0 aromatic carbocycles. The molecule has 3 heteroatoms. The zero-order valence-electron chi connectivity index (χ0n) is 8.13. The van der Waals surface area contributed by atoms with E-state index >= 15 is 0 Å². The van der Waals surface area contributed by atoms with E-state index < -0.39 is 0 Å². The highest BCUT2D eigenvalue weighted by atomic mass is 16.5. The van der Waals surface area contributed by atoms with Crippen LogP contribution in [0.2, 0.25) is 0 Å². The molecule has 1 N–H and O–H groups in total. The van der Waals surface area contributed by atoms with Crippen LogP contribution in [0, 0.1) is 0 Å². The molecule has 0 bridgehead atoms. The first-order valence-electron chi connectivity index (χ1n) is 4.94. The molecule has 0 amide bonds. The molecule has 0 spiro atoms. The van der Waals surface area contributed by atoms with Crippen LogP contribution in [-0.2, 0) is 9.47 Å². The highest BCUT2D eigenvalue weighted by Crippen LogP contribution is 2.11. The SMILES string of the molecule is C=CCNCCOCC1CCCO1. The maximum atomic E-state index is 5.44. The van der Waals surface area contributed by atoms with Crippen LogP contribution < -0.4 is 5.32 Å². The molecular weight excluding hydrogens is 166 g/mol. The number of rotatable bonds is 7. The number of ether oxygens (including phenoxy) is 2. The Balaban J connectivity index is 1.80. The van der Waals surface area contributed by atoms with Crippen molar-refractivity contribution in [3.63, 3.8) is 0 Å². The molecule has 0 aromatic heterocycles. The molecule has 1 aliphatic rings.